The van der Waals surface area contributed by atoms with Crippen LogP contribution in [0.3, 0.4) is 0 Å². The lowest BCUT2D eigenvalue weighted by molar-refractivity contribution is -0.118. The number of aldehydes is 1. The summed E-state index contributed by atoms with van der Waals surface area (Å²) in [5.41, 5.74) is 3.42. The molecule has 0 bridgehead atoms. The molecule has 0 unspecified atom stereocenters. The van der Waals surface area contributed by atoms with Crippen molar-refractivity contribution in [3.05, 3.63) is 47.5 Å². The van der Waals surface area contributed by atoms with E-state index in [9.17, 15) is 9.59 Å². The summed E-state index contributed by atoms with van der Waals surface area (Å²) in [4.78, 5) is 25.6. The van der Waals surface area contributed by atoms with Crippen LogP contribution in [-0.2, 0) is 4.79 Å². The van der Waals surface area contributed by atoms with Gasteiger partial charge in [0.25, 0.3) is 5.91 Å². The number of methoxy groups -OCH3 is 1. The van der Waals surface area contributed by atoms with E-state index in [1.807, 2.05) is 19.1 Å². The third kappa shape index (κ3) is 4.58. The van der Waals surface area contributed by atoms with Crippen LogP contribution in [0, 0.1) is 6.92 Å². The second kappa shape index (κ2) is 8.58. The van der Waals surface area contributed by atoms with Crippen molar-refractivity contribution in [2.75, 3.05) is 37.0 Å². The summed E-state index contributed by atoms with van der Waals surface area (Å²) < 4.78 is 10.7. The molecule has 27 heavy (non-hydrogen) atoms. The number of carbonyl (C=O) groups excluding carboxylic acids is 2. The molecule has 1 fully saturated rings. The number of amides is 1. The summed E-state index contributed by atoms with van der Waals surface area (Å²) in [5, 5.41) is 2.87. The summed E-state index contributed by atoms with van der Waals surface area (Å²) in [6.07, 6.45) is 3.17. The lowest BCUT2D eigenvalue weighted by atomic mass is 10.1. The number of rotatable bonds is 7. The van der Waals surface area contributed by atoms with Crippen molar-refractivity contribution >= 4 is 23.6 Å². The smallest absolute Gasteiger partial charge is 0.262 e. The molecule has 0 atom stereocenters. The fraction of sp³-hybridized carbons (Fsp3) is 0.333. The van der Waals surface area contributed by atoms with Gasteiger partial charge in [-0.3, -0.25) is 9.59 Å². The van der Waals surface area contributed by atoms with E-state index in [0.717, 1.165) is 30.6 Å². The molecule has 0 aromatic heterocycles. The Kier molecular flexibility index (Phi) is 5.96. The number of ether oxygens (including phenoxy) is 2. The molecule has 0 saturated carbocycles. The van der Waals surface area contributed by atoms with E-state index in [0.29, 0.717) is 17.1 Å². The minimum absolute atomic E-state index is 0.175. The van der Waals surface area contributed by atoms with Crippen LogP contribution in [0.25, 0.3) is 0 Å². The van der Waals surface area contributed by atoms with E-state index in [1.54, 1.807) is 18.2 Å². The second-order valence-electron chi connectivity index (χ2n) is 6.56. The maximum Gasteiger partial charge on any atom is 0.262 e. The van der Waals surface area contributed by atoms with Gasteiger partial charge in [-0.2, -0.15) is 0 Å². The van der Waals surface area contributed by atoms with Crippen molar-refractivity contribution in [1.82, 2.24) is 0 Å². The normalized spacial score (nSPS) is 13.3. The van der Waals surface area contributed by atoms with Crippen LogP contribution < -0.4 is 19.7 Å². The molecule has 0 aliphatic carbocycles. The van der Waals surface area contributed by atoms with E-state index in [2.05, 4.69) is 16.3 Å². The van der Waals surface area contributed by atoms with Crippen molar-refractivity contribution in [2.45, 2.75) is 19.8 Å². The SMILES string of the molecule is COc1ccc(C=O)cc1OCC(=O)Nc1ccc(N2CCCC2)cc1C. The van der Waals surface area contributed by atoms with Gasteiger partial charge in [-0.05, 0) is 61.7 Å². The van der Waals surface area contributed by atoms with Crippen molar-refractivity contribution in [3.63, 3.8) is 0 Å². The molecule has 142 valence electrons. The summed E-state index contributed by atoms with van der Waals surface area (Å²) in [7, 11) is 1.51. The predicted octanol–water partition coefficient (Wildman–Crippen LogP) is 3.43. The van der Waals surface area contributed by atoms with Gasteiger partial charge in [0.2, 0.25) is 0 Å². The van der Waals surface area contributed by atoms with E-state index >= 15 is 0 Å². The first kappa shape index (κ1) is 18.8. The Morgan fingerprint density at radius 2 is 1.93 bits per heavy atom. The first-order valence-corrected chi connectivity index (χ1v) is 9.02. The van der Waals surface area contributed by atoms with Crippen LogP contribution in [0.4, 0.5) is 11.4 Å². The van der Waals surface area contributed by atoms with Crippen molar-refractivity contribution < 1.29 is 19.1 Å². The average Bonchev–Trinajstić information content (AvgIpc) is 3.22. The molecule has 3 rings (SSSR count). The molecule has 1 heterocycles. The maximum atomic E-state index is 12.3. The molecule has 1 aliphatic heterocycles. The number of nitrogens with one attached hydrogen (secondary N) is 1. The Labute approximate surface area is 159 Å². The van der Waals surface area contributed by atoms with Crippen LogP contribution in [0.15, 0.2) is 36.4 Å². The minimum atomic E-state index is -0.273. The third-order valence-electron chi connectivity index (χ3n) is 4.64. The Bertz CT molecular complexity index is 829. The van der Waals surface area contributed by atoms with Crippen LogP contribution in [0.5, 0.6) is 11.5 Å². The largest absolute Gasteiger partial charge is 0.493 e. The van der Waals surface area contributed by atoms with Crippen molar-refractivity contribution in [2.24, 2.45) is 0 Å². The third-order valence-corrected chi connectivity index (χ3v) is 4.64. The van der Waals surface area contributed by atoms with Crippen molar-refractivity contribution in [3.8, 4) is 11.5 Å². The lowest BCUT2D eigenvalue weighted by Gasteiger charge is -2.19. The quantitative estimate of drug-likeness (QED) is 0.759. The van der Waals surface area contributed by atoms with E-state index in [-0.39, 0.29) is 12.5 Å². The van der Waals surface area contributed by atoms with Crippen LogP contribution in [-0.4, -0.2) is 39.0 Å². The predicted molar refractivity (Wildman–Crippen MR) is 105 cm³/mol. The van der Waals surface area contributed by atoms with Crippen molar-refractivity contribution in [1.29, 1.82) is 0 Å². The highest BCUT2D eigenvalue weighted by Gasteiger charge is 2.14. The first-order valence-electron chi connectivity index (χ1n) is 9.02. The van der Waals surface area contributed by atoms with E-state index < -0.39 is 0 Å². The number of hydrogen-bond donors (Lipinski definition) is 1. The summed E-state index contributed by atoms with van der Waals surface area (Å²) in [6, 6.07) is 10.9. The zero-order valence-corrected chi connectivity index (χ0v) is 15.7. The summed E-state index contributed by atoms with van der Waals surface area (Å²) in [5.74, 6) is 0.559. The highest BCUT2D eigenvalue weighted by atomic mass is 16.5. The molecule has 2 aromatic rings. The van der Waals surface area contributed by atoms with Gasteiger partial charge in [0.05, 0.1) is 7.11 Å². The number of benzene rings is 2. The van der Waals surface area contributed by atoms with Crippen LogP contribution in [0.1, 0.15) is 28.8 Å². The average molecular weight is 368 g/mol. The number of nitrogens with zero attached hydrogens (tertiary/aromatic N) is 1. The molecule has 6 heteroatoms. The van der Waals surface area contributed by atoms with E-state index in [1.165, 1.54) is 25.6 Å². The lowest BCUT2D eigenvalue weighted by Crippen LogP contribution is -2.21. The highest BCUT2D eigenvalue weighted by molar-refractivity contribution is 5.93. The first-order chi connectivity index (χ1) is 13.1. The van der Waals surface area contributed by atoms with Crippen LogP contribution in [0.2, 0.25) is 0 Å². The molecule has 1 amide bonds. The molecule has 6 nitrogen and oxygen atoms in total. The van der Waals surface area contributed by atoms with Gasteiger partial charge in [0, 0.05) is 30.0 Å². The topological polar surface area (TPSA) is 67.9 Å². The molecular formula is C21H24N2O4. The standard InChI is InChI=1S/C21H24N2O4/c1-15-11-17(23-9-3-4-10-23)6-7-18(15)22-21(25)14-27-20-12-16(13-24)5-8-19(20)26-2/h5-8,11-13H,3-4,9-10,14H2,1-2H3,(H,22,25). The van der Waals surface area contributed by atoms with E-state index in [4.69, 9.17) is 9.47 Å². The Morgan fingerprint density at radius 3 is 2.59 bits per heavy atom. The number of aryl methyl sites for hydroxylation is 1. The molecule has 0 radical (unpaired) electrons. The Morgan fingerprint density at radius 1 is 1.15 bits per heavy atom. The zero-order chi connectivity index (χ0) is 19.2. The fourth-order valence-electron chi connectivity index (χ4n) is 3.17. The molecule has 0 spiro atoms. The van der Waals surface area contributed by atoms with Gasteiger partial charge in [0.15, 0.2) is 18.1 Å². The molecular weight excluding hydrogens is 344 g/mol. The summed E-state index contributed by atoms with van der Waals surface area (Å²) >= 11 is 0. The Balaban J connectivity index is 1.62. The summed E-state index contributed by atoms with van der Waals surface area (Å²) in [6.45, 7) is 3.97. The zero-order valence-electron chi connectivity index (χ0n) is 15.7. The Hall–Kier alpha value is -3.02. The van der Waals surface area contributed by atoms with Gasteiger partial charge in [-0.15, -0.1) is 0 Å². The van der Waals surface area contributed by atoms with Gasteiger partial charge in [-0.1, -0.05) is 0 Å². The second-order valence-corrected chi connectivity index (χ2v) is 6.56. The van der Waals surface area contributed by atoms with Crippen LogP contribution >= 0.6 is 0 Å². The van der Waals surface area contributed by atoms with Gasteiger partial charge < -0.3 is 19.7 Å². The number of anilines is 2. The van der Waals surface area contributed by atoms with Gasteiger partial charge in [-0.25, -0.2) is 0 Å². The molecule has 1 aliphatic rings. The molecule has 1 N–H and O–H groups in total. The fourth-order valence-corrected chi connectivity index (χ4v) is 3.17. The number of hydrogen-bond acceptors (Lipinski definition) is 5. The minimum Gasteiger partial charge on any atom is -0.493 e. The number of carbonyl (C=O) groups is 2. The van der Waals surface area contributed by atoms with Gasteiger partial charge in [0.1, 0.15) is 6.29 Å². The monoisotopic (exact) mass is 368 g/mol. The van der Waals surface area contributed by atoms with Gasteiger partial charge >= 0.3 is 0 Å². The molecule has 1 saturated heterocycles. The molecule has 2 aromatic carbocycles. The highest BCUT2D eigenvalue weighted by Crippen LogP contribution is 2.28. The maximum absolute atomic E-state index is 12.3.